The van der Waals surface area contributed by atoms with Gasteiger partial charge in [-0.25, -0.2) is 4.79 Å². The minimum absolute atomic E-state index is 0. The predicted octanol–water partition coefficient (Wildman–Crippen LogP) is 1.77. The van der Waals surface area contributed by atoms with Gasteiger partial charge in [-0.05, 0) is 33.6 Å². The number of carbonyl (C=O) groups excluding carboxylic acids is 1. The molecule has 2 N–H and O–H groups in total. The van der Waals surface area contributed by atoms with Crippen LogP contribution in [0.5, 0.6) is 0 Å². The second-order valence-corrected chi connectivity index (χ2v) is 6.00. The van der Waals surface area contributed by atoms with Crippen LogP contribution in [0, 0.1) is 5.41 Å². The molecule has 1 aliphatic heterocycles. The van der Waals surface area contributed by atoms with Crippen LogP contribution in [-0.2, 0) is 4.74 Å². The molecule has 94 valence electrons. The fraction of sp³-hybridized carbons (Fsp3) is 0.909. The zero-order valence-electron chi connectivity index (χ0n) is 10.2. The van der Waals surface area contributed by atoms with E-state index in [0.717, 1.165) is 25.9 Å². The van der Waals surface area contributed by atoms with Crippen molar-refractivity contribution in [2.45, 2.75) is 45.3 Å². The van der Waals surface area contributed by atoms with Crippen LogP contribution in [0.2, 0.25) is 0 Å². The maximum absolute atomic E-state index is 11.6. The first-order valence-electron chi connectivity index (χ1n) is 5.53. The molecule has 16 heavy (non-hydrogen) atoms. The van der Waals surface area contributed by atoms with E-state index in [0.29, 0.717) is 11.5 Å². The Bertz CT molecular complexity index is 274. The Morgan fingerprint density at radius 1 is 1.38 bits per heavy atom. The third-order valence-corrected chi connectivity index (χ3v) is 3.09. The van der Waals surface area contributed by atoms with Gasteiger partial charge >= 0.3 is 6.09 Å². The molecule has 0 aromatic carbocycles. The second kappa shape index (κ2) is 4.08. The van der Waals surface area contributed by atoms with E-state index >= 15 is 0 Å². The van der Waals surface area contributed by atoms with Crippen molar-refractivity contribution in [2.24, 2.45) is 11.1 Å². The van der Waals surface area contributed by atoms with Crippen LogP contribution in [0.1, 0.15) is 33.6 Å². The van der Waals surface area contributed by atoms with Gasteiger partial charge in [-0.15, -0.1) is 12.4 Å². The summed E-state index contributed by atoms with van der Waals surface area (Å²) in [6, 6.07) is 0.353. The van der Waals surface area contributed by atoms with E-state index in [4.69, 9.17) is 10.5 Å². The molecule has 2 aliphatic rings. The first kappa shape index (κ1) is 13.6. The lowest BCUT2D eigenvalue weighted by Gasteiger charge is -2.57. The van der Waals surface area contributed by atoms with Gasteiger partial charge in [0.15, 0.2) is 0 Å². The largest absolute Gasteiger partial charge is 0.444 e. The van der Waals surface area contributed by atoms with Gasteiger partial charge in [0, 0.05) is 24.5 Å². The summed E-state index contributed by atoms with van der Waals surface area (Å²) in [5.74, 6) is 0. The van der Waals surface area contributed by atoms with Crippen LogP contribution in [0.3, 0.4) is 0 Å². The van der Waals surface area contributed by atoms with E-state index in [-0.39, 0.29) is 18.5 Å². The lowest BCUT2D eigenvalue weighted by molar-refractivity contribution is -0.0769. The van der Waals surface area contributed by atoms with E-state index < -0.39 is 5.60 Å². The number of hydrogen-bond donors (Lipinski definition) is 1. The van der Waals surface area contributed by atoms with Crippen LogP contribution in [0.15, 0.2) is 0 Å². The van der Waals surface area contributed by atoms with Gasteiger partial charge in [0.2, 0.25) is 0 Å². The van der Waals surface area contributed by atoms with Gasteiger partial charge in [-0.3, -0.25) is 0 Å². The molecule has 0 unspecified atom stereocenters. The molecule has 0 aromatic rings. The molecule has 5 heteroatoms. The number of likely N-dealkylation sites (tertiary alicyclic amines) is 1. The normalized spacial score (nSPS) is 23.1. The molecule has 2 rings (SSSR count). The fourth-order valence-electron chi connectivity index (χ4n) is 2.53. The maximum atomic E-state index is 11.6. The van der Waals surface area contributed by atoms with Crippen LogP contribution >= 0.6 is 12.4 Å². The second-order valence-electron chi connectivity index (χ2n) is 6.00. The molecule has 1 spiro atoms. The minimum atomic E-state index is -0.393. The van der Waals surface area contributed by atoms with Gasteiger partial charge in [0.05, 0.1) is 0 Å². The maximum Gasteiger partial charge on any atom is 0.410 e. The van der Waals surface area contributed by atoms with Crippen molar-refractivity contribution in [1.82, 2.24) is 4.90 Å². The van der Waals surface area contributed by atoms with Crippen molar-refractivity contribution >= 4 is 18.5 Å². The Kier molecular flexibility index (Phi) is 3.46. The highest BCUT2D eigenvalue weighted by Crippen LogP contribution is 2.47. The lowest BCUT2D eigenvalue weighted by atomic mass is 9.61. The van der Waals surface area contributed by atoms with E-state index in [9.17, 15) is 4.79 Å². The molecule has 1 aliphatic carbocycles. The SMILES string of the molecule is CC(C)(C)OC(=O)N1CC2(CC(N)C2)C1.Cl. The average molecular weight is 249 g/mol. The summed E-state index contributed by atoms with van der Waals surface area (Å²) in [7, 11) is 0. The molecule has 1 saturated carbocycles. The summed E-state index contributed by atoms with van der Waals surface area (Å²) in [6.45, 7) is 7.32. The monoisotopic (exact) mass is 248 g/mol. The summed E-state index contributed by atoms with van der Waals surface area (Å²) >= 11 is 0. The van der Waals surface area contributed by atoms with E-state index in [1.54, 1.807) is 4.90 Å². The standard InChI is InChI=1S/C11H20N2O2.ClH/c1-10(2,3)15-9(14)13-6-11(7-13)4-8(12)5-11;/h8H,4-7,12H2,1-3H3;1H. The molecule has 0 radical (unpaired) electrons. The smallest absolute Gasteiger partial charge is 0.410 e. The Balaban J connectivity index is 0.00000128. The molecule has 1 saturated heterocycles. The number of rotatable bonds is 0. The molecule has 2 fully saturated rings. The lowest BCUT2D eigenvalue weighted by Crippen LogP contribution is -2.66. The first-order chi connectivity index (χ1) is 6.80. The highest BCUT2D eigenvalue weighted by Gasteiger charge is 2.53. The van der Waals surface area contributed by atoms with Crippen molar-refractivity contribution in [3.63, 3.8) is 0 Å². The van der Waals surface area contributed by atoms with Gasteiger partial charge in [-0.2, -0.15) is 0 Å². The number of ether oxygens (including phenoxy) is 1. The summed E-state index contributed by atoms with van der Waals surface area (Å²) < 4.78 is 5.29. The molecule has 0 bridgehead atoms. The molecule has 4 nitrogen and oxygen atoms in total. The van der Waals surface area contributed by atoms with Crippen LogP contribution in [0.4, 0.5) is 4.79 Å². The number of nitrogens with zero attached hydrogens (tertiary/aromatic N) is 1. The summed E-state index contributed by atoms with van der Waals surface area (Å²) in [6.07, 6.45) is 1.94. The topological polar surface area (TPSA) is 55.6 Å². The van der Waals surface area contributed by atoms with Crippen molar-refractivity contribution in [3.05, 3.63) is 0 Å². The Labute approximate surface area is 103 Å². The fourth-order valence-corrected chi connectivity index (χ4v) is 2.53. The number of halogens is 1. The molecular weight excluding hydrogens is 228 g/mol. The Morgan fingerprint density at radius 3 is 2.25 bits per heavy atom. The summed E-state index contributed by atoms with van der Waals surface area (Å²) in [5, 5.41) is 0. The van der Waals surface area contributed by atoms with Gasteiger partial charge in [0.25, 0.3) is 0 Å². The molecule has 0 aromatic heterocycles. The van der Waals surface area contributed by atoms with Crippen molar-refractivity contribution in [1.29, 1.82) is 0 Å². The van der Waals surface area contributed by atoms with E-state index in [1.165, 1.54) is 0 Å². The Hall–Kier alpha value is -0.480. The van der Waals surface area contributed by atoms with Gasteiger partial charge in [0.1, 0.15) is 5.60 Å². The third kappa shape index (κ3) is 2.61. The van der Waals surface area contributed by atoms with Crippen LogP contribution in [-0.4, -0.2) is 35.7 Å². The highest BCUT2D eigenvalue weighted by atomic mass is 35.5. The van der Waals surface area contributed by atoms with Crippen LogP contribution < -0.4 is 5.73 Å². The zero-order chi connectivity index (χ0) is 11.3. The molecule has 1 amide bonds. The van der Waals surface area contributed by atoms with Crippen LogP contribution in [0.25, 0.3) is 0 Å². The molecule has 0 atom stereocenters. The van der Waals surface area contributed by atoms with E-state index in [2.05, 4.69) is 0 Å². The van der Waals surface area contributed by atoms with Gasteiger partial charge < -0.3 is 15.4 Å². The van der Waals surface area contributed by atoms with Crippen molar-refractivity contribution in [3.8, 4) is 0 Å². The predicted molar refractivity (Wildman–Crippen MR) is 64.7 cm³/mol. The van der Waals surface area contributed by atoms with Gasteiger partial charge in [-0.1, -0.05) is 0 Å². The molecule has 1 heterocycles. The first-order valence-corrected chi connectivity index (χ1v) is 5.53. The van der Waals surface area contributed by atoms with Crippen molar-refractivity contribution < 1.29 is 9.53 Å². The minimum Gasteiger partial charge on any atom is -0.444 e. The summed E-state index contributed by atoms with van der Waals surface area (Å²) in [5.41, 5.74) is 5.70. The number of nitrogens with two attached hydrogens (primary N) is 1. The number of carbonyl (C=O) groups is 1. The number of amides is 1. The number of hydrogen-bond acceptors (Lipinski definition) is 3. The van der Waals surface area contributed by atoms with Crippen molar-refractivity contribution in [2.75, 3.05) is 13.1 Å². The highest BCUT2D eigenvalue weighted by molar-refractivity contribution is 5.85. The summed E-state index contributed by atoms with van der Waals surface area (Å²) in [4.78, 5) is 13.4. The van der Waals surface area contributed by atoms with E-state index in [1.807, 2.05) is 20.8 Å². The average Bonchev–Trinajstić information content (AvgIpc) is 1.89. The Morgan fingerprint density at radius 2 is 1.88 bits per heavy atom. The quantitative estimate of drug-likeness (QED) is 0.711. The zero-order valence-corrected chi connectivity index (χ0v) is 11.0. The third-order valence-electron chi connectivity index (χ3n) is 3.09. The molecular formula is C11H21ClN2O2.